The van der Waals surface area contributed by atoms with E-state index in [1.54, 1.807) is 18.6 Å². The molecule has 112 valence electrons. The van der Waals surface area contributed by atoms with Crippen molar-refractivity contribution in [3.63, 3.8) is 0 Å². The number of nitrogens with one attached hydrogen (secondary N) is 1. The van der Waals surface area contributed by atoms with Crippen LogP contribution in [0, 0.1) is 0 Å². The Morgan fingerprint density at radius 1 is 1.18 bits per heavy atom. The van der Waals surface area contributed by atoms with E-state index in [9.17, 15) is 0 Å². The van der Waals surface area contributed by atoms with Gasteiger partial charge in [-0.1, -0.05) is 12.1 Å². The summed E-state index contributed by atoms with van der Waals surface area (Å²) in [5.41, 5.74) is 14.7. The van der Waals surface area contributed by atoms with E-state index >= 15 is 0 Å². The maximum absolute atomic E-state index is 6.23. The minimum absolute atomic E-state index is 0.155. The molecule has 7 heteroatoms. The number of rotatable bonds is 5. The van der Waals surface area contributed by atoms with Crippen LogP contribution < -0.4 is 16.8 Å². The number of nitrogens with zero attached hydrogens (tertiary/aromatic N) is 3. The van der Waals surface area contributed by atoms with Gasteiger partial charge in [0.05, 0.1) is 17.9 Å². The summed E-state index contributed by atoms with van der Waals surface area (Å²) < 4.78 is 0. The summed E-state index contributed by atoms with van der Waals surface area (Å²) >= 11 is 1.50. The van der Waals surface area contributed by atoms with Gasteiger partial charge in [0.1, 0.15) is 0 Å². The maximum Gasteiger partial charge on any atom is 0.188 e. The predicted molar refractivity (Wildman–Crippen MR) is 88.9 cm³/mol. The maximum atomic E-state index is 6.23. The molecule has 1 unspecified atom stereocenters. The first-order valence-corrected chi connectivity index (χ1v) is 7.67. The van der Waals surface area contributed by atoms with Gasteiger partial charge >= 0.3 is 0 Å². The van der Waals surface area contributed by atoms with Crippen LogP contribution >= 0.6 is 11.3 Å². The van der Waals surface area contributed by atoms with Crippen molar-refractivity contribution in [1.82, 2.24) is 15.0 Å². The van der Waals surface area contributed by atoms with Gasteiger partial charge in [-0.25, -0.2) is 9.97 Å². The fourth-order valence-corrected chi connectivity index (χ4v) is 2.78. The van der Waals surface area contributed by atoms with Crippen LogP contribution in [0.3, 0.4) is 0 Å². The van der Waals surface area contributed by atoms with E-state index in [4.69, 9.17) is 11.5 Å². The van der Waals surface area contributed by atoms with Crippen molar-refractivity contribution in [2.75, 3.05) is 11.1 Å². The van der Waals surface area contributed by atoms with Gasteiger partial charge in [-0.05, 0) is 24.1 Å². The molecule has 0 bridgehead atoms. The number of hydrogen-bond donors (Lipinski definition) is 3. The van der Waals surface area contributed by atoms with Crippen LogP contribution in [-0.2, 0) is 6.42 Å². The average Bonchev–Trinajstić information content (AvgIpc) is 2.99. The standard InChI is InChI=1S/C15H16N6S/c16-11-3-1-10(2-4-11)7-12(17)13-9-22-15(20-13)21-14-8-18-5-6-19-14/h1-6,8-9,12H,7,16-17H2,(H,19,20,21). The summed E-state index contributed by atoms with van der Waals surface area (Å²) in [5, 5.41) is 5.82. The topological polar surface area (TPSA) is 103 Å². The molecule has 0 fully saturated rings. The molecule has 0 saturated carbocycles. The molecule has 0 aliphatic carbocycles. The van der Waals surface area contributed by atoms with Gasteiger partial charge < -0.3 is 16.8 Å². The summed E-state index contributed by atoms with van der Waals surface area (Å²) in [6, 6.07) is 7.58. The first kappa shape index (κ1) is 14.4. The van der Waals surface area contributed by atoms with E-state index in [1.807, 2.05) is 29.6 Å². The zero-order valence-electron chi connectivity index (χ0n) is 11.8. The third-order valence-corrected chi connectivity index (χ3v) is 3.91. The minimum Gasteiger partial charge on any atom is -0.399 e. The molecule has 3 aromatic rings. The summed E-state index contributed by atoms with van der Waals surface area (Å²) in [5.74, 6) is 0.663. The molecule has 0 spiro atoms. The van der Waals surface area contributed by atoms with E-state index < -0.39 is 0 Å². The Kier molecular flexibility index (Phi) is 4.27. The number of anilines is 3. The highest BCUT2D eigenvalue weighted by Gasteiger charge is 2.12. The second-order valence-electron chi connectivity index (χ2n) is 4.85. The van der Waals surface area contributed by atoms with Gasteiger partial charge in [0, 0.05) is 23.5 Å². The van der Waals surface area contributed by atoms with Crippen molar-refractivity contribution in [3.8, 4) is 0 Å². The van der Waals surface area contributed by atoms with Gasteiger partial charge in [0.25, 0.3) is 0 Å². The Labute approximate surface area is 132 Å². The smallest absolute Gasteiger partial charge is 0.188 e. The highest BCUT2D eigenvalue weighted by atomic mass is 32.1. The third-order valence-electron chi connectivity index (χ3n) is 3.14. The first-order chi connectivity index (χ1) is 10.7. The SMILES string of the molecule is Nc1ccc(CC(N)c2csc(Nc3cnccn3)n2)cc1. The van der Waals surface area contributed by atoms with Crippen molar-refractivity contribution in [2.24, 2.45) is 5.73 Å². The summed E-state index contributed by atoms with van der Waals surface area (Å²) in [4.78, 5) is 12.7. The number of nitrogen functional groups attached to an aromatic ring is 1. The van der Waals surface area contributed by atoms with Gasteiger partial charge in [-0.3, -0.25) is 4.98 Å². The molecule has 5 N–H and O–H groups in total. The average molecular weight is 312 g/mol. The molecule has 22 heavy (non-hydrogen) atoms. The van der Waals surface area contributed by atoms with Crippen molar-refractivity contribution in [2.45, 2.75) is 12.5 Å². The zero-order chi connectivity index (χ0) is 15.4. The van der Waals surface area contributed by atoms with Crippen LogP contribution in [0.1, 0.15) is 17.3 Å². The van der Waals surface area contributed by atoms with Crippen LogP contribution in [0.5, 0.6) is 0 Å². The molecule has 0 aliphatic heterocycles. The predicted octanol–water partition coefficient (Wildman–Crippen LogP) is 2.50. The fourth-order valence-electron chi connectivity index (χ4n) is 2.00. The Bertz CT molecular complexity index is 725. The van der Waals surface area contributed by atoms with Gasteiger partial charge in [-0.15, -0.1) is 11.3 Å². The van der Waals surface area contributed by atoms with Crippen LogP contribution in [0.2, 0.25) is 0 Å². The largest absolute Gasteiger partial charge is 0.399 e. The molecule has 1 atom stereocenters. The molecule has 2 heterocycles. The molecule has 3 rings (SSSR count). The van der Waals surface area contributed by atoms with Gasteiger partial charge in [0.2, 0.25) is 0 Å². The lowest BCUT2D eigenvalue weighted by Gasteiger charge is -2.09. The van der Waals surface area contributed by atoms with E-state index in [0.717, 1.165) is 22.1 Å². The second-order valence-corrected chi connectivity index (χ2v) is 5.70. The number of nitrogens with two attached hydrogens (primary N) is 2. The highest BCUT2D eigenvalue weighted by molar-refractivity contribution is 7.13. The fraction of sp³-hybridized carbons (Fsp3) is 0.133. The molecule has 2 aromatic heterocycles. The molecule has 0 saturated heterocycles. The number of aromatic nitrogens is 3. The minimum atomic E-state index is -0.155. The van der Waals surface area contributed by atoms with Crippen molar-refractivity contribution in [1.29, 1.82) is 0 Å². The van der Waals surface area contributed by atoms with E-state index in [0.29, 0.717) is 12.2 Å². The Hall–Kier alpha value is -2.51. The third kappa shape index (κ3) is 3.57. The van der Waals surface area contributed by atoms with Crippen molar-refractivity contribution < 1.29 is 0 Å². The molecule has 6 nitrogen and oxygen atoms in total. The van der Waals surface area contributed by atoms with E-state index in [1.165, 1.54) is 11.3 Å². The molecule has 0 radical (unpaired) electrons. The molecular formula is C15H16N6S. The number of thiazole rings is 1. The number of benzene rings is 1. The summed E-state index contributed by atoms with van der Waals surface area (Å²) in [6.45, 7) is 0. The molecule has 0 amide bonds. The van der Waals surface area contributed by atoms with Gasteiger partial charge in [0.15, 0.2) is 10.9 Å². The Morgan fingerprint density at radius 3 is 2.73 bits per heavy atom. The summed E-state index contributed by atoms with van der Waals surface area (Å²) in [6.07, 6.45) is 5.62. The van der Waals surface area contributed by atoms with Crippen LogP contribution in [0.15, 0.2) is 48.2 Å². The molecular weight excluding hydrogens is 296 g/mol. The van der Waals surface area contributed by atoms with Crippen LogP contribution in [0.25, 0.3) is 0 Å². The first-order valence-electron chi connectivity index (χ1n) is 6.79. The zero-order valence-corrected chi connectivity index (χ0v) is 12.6. The summed E-state index contributed by atoms with van der Waals surface area (Å²) in [7, 11) is 0. The van der Waals surface area contributed by atoms with E-state index in [-0.39, 0.29) is 6.04 Å². The van der Waals surface area contributed by atoms with Crippen molar-refractivity contribution in [3.05, 3.63) is 59.5 Å². The Morgan fingerprint density at radius 2 is 2.00 bits per heavy atom. The number of hydrogen-bond acceptors (Lipinski definition) is 7. The van der Waals surface area contributed by atoms with Crippen molar-refractivity contribution >= 4 is 28.0 Å². The van der Waals surface area contributed by atoms with E-state index in [2.05, 4.69) is 20.3 Å². The lowest BCUT2D eigenvalue weighted by atomic mass is 10.0. The highest BCUT2D eigenvalue weighted by Crippen LogP contribution is 2.24. The molecule has 0 aliphatic rings. The van der Waals surface area contributed by atoms with Gasteiger partial charge in [-0.2, -0.15) is 0 Å². The van der Waals surface area contributed by atoms with Crippen LogP contribution in [0.4, 0.5) is 16.6 Å². The lowest BCUT2D eigenvalue weighted by molar-refractivity contribution is 0.703. The normalized spacial score (nSPS) is 12.0. The molecule has 1 aromatic carbocycles. The van der Waals surface area contributed by atoms with Crippen LogP contribution in [-0.4, -0.2) is 15.0 Å². The lowest BCUT2D eigenvalue weighted by Crippen LogP contribution is -2.13. The quantitative estimate of drug-likeness (QED) is 0.625. The monoisotopic (exact) mass is 312 g/mol. The second kappa shape index (κ2) is 6.50. The Balaban J connectivity index is 1.66.